The van der Waals surface area contributed by atoms with E-state index in [1.165, 1.54) is 30.0 Å². The number of methoxy groups -OCH3 is 1. The summed E-state index contributed by atoms with van der Waals surface area (Å²) in [5, 5.41) is 3.51. The van der Waals surface area contributed by atoms with Gasteiger partial charge in [-0.1, -0.05) is 24.6 Å². The van der Waals surface area contributed by atoms with Crippen LogP contribution in [0.1, 0.15) is 23.7 Å². The molecule has 0 saturated carbocycles. The fourth-order valence-corrected chi connectivity index (χ4v) is 4.99. The third-order valence-corrected chi connectivity index (χ3v) is 7.36. The molecular formula is C23H23ClF2N4O5S. The fraction of sp³-hybridized carbons (Fsp3) is 0.348. The van der Waals surface area contributed by atoms with Crippen LogP contribution in [0, 0.1) is 18.6 Å². The Kier molecular flexibility index (Phi) is 7.30. The molecule has 13 heteroatoms. The number of nitrogens with one attached hydrogen (secondary N) is 1. The van der Waals surface area contributed by atoms with E-state index in [1.54, 1.807) is 13.8 Å². The summed E-state index contributed by atoms with van der Waals surface area (Å²) in [4.78, 5) is 17.0. The molecule has 0 aliphatic carbocycles. The van der Waals surface area contributed by atoms with Crippen LogP contribution >= 0.6 is 11.6 Å². The molecule has 1 amide bonds. The van der Waals surface area contributed by atoms with Crippen molar-refractivity contribution in [3.63, 3.8) is 0 Å². The molecule has 2 aromatic heterocycles. The zero-order valence-electron chi connectivity index (χ0n) is 19.6. The van der Waals surface area contributed by atoms with Crippen molar-refractivity contribution < 1.29 is 31.5 Å². The fourth-order valence-electron chi connectivity index (χ4n) is 3.94. The number of ether oxygens (including phenoxy) is 2. The predicted molar refractivity (Wildman–Crippen MR) is 126 cm³/mol. The number of carbonyl (C=O) groups is 1. The highest BCUT2D eigenvalue weighted by atomic mass is 35.5. The molecule has 3 aromatic rings. The number of pyridine rings is 1. The summed E-state index contributed by atoms with van der Waals surface area (Å²) < 4.78 is 68.8. The molecule has 0 fully saturated rings. The highest BCUT2D eigenvalue weighted by molar-refractivity contribution is 7.90. The van der Waals surface area contributed by atoms with E-state index < -0.39 is 34.0 Å². The molecule has 1 atom stereocenters. The number of carbonyl (C=O) groups excluding carboxylic acids is 1. The van der Waals surface area contributed by atoms with Crippen LogP contribution in [-0.2, 0) is 38.9 Å². The zero-order chi connectivity index (χ0) is 26.2. The van der Waals surface area contributed by atoms with Crippen molar-refractivity contribution >= 4 is 27.5 Å². The summed E-state index contributed by atoms with van der Waals surface area (Å²) in [6.07, 6.45) is -0.532. The van der Waals surface area contributed by atoms with Crippen LogP contribution in [0.3, 0.4) is 0 Å². The van der Waals surface area contributed by atoms with Crippen LogP contribution in [-0.4, -0.2) is 48.9 Å². The minimum Gasteiger partial charge on any atom is -0.475 e. The van der Waals surface area contributed by atoms with Gasteiger partial charge in [-0.05, 0) is 36.6 Å². The lowest BCUT2D eigenvalue weighted by Crippen LogP contribution is -2.33. The van der Waals surface area contributed by atoms with E-state index in [0.717, 1.165) is 6.07 Å². The van der Waals surface area contributed by atoms with Crippen LogP contribution in [0.4, 0.5) is 8.78 Å². The van der Waals surface area contributed by atoms with Gasteiger partial charge in [-0.25, -0.2) is 23.2 Å². The lowest BCUT2D eigenvalue weighted by Gasteiger charge is -2.22. The molecule has 0 spiro atoms. The van der Waals surface area contributed by atoms with Gasteiger partial charge < -0.3 is 9.47 Å². The van der Waals surface area contributed by atoms with Gasteiger partial charge in [0, 0.05) is 24.4 Å². The average molecular weight is 541 g/mol. The van der Waals surface area contributed by atoms with Crippen LogP contribution in [0.25, 0.3) is 11.3 Å². The summed E-state index contributed by atoms with van der Waals surface area (Å²) in [5.74, 6) is -2.09. The second kappa shape index (κ2) is 10.1. The summed E-state index contributed by atoms with van der Waals surface area (Å²) in [6.45, 7) is 3.79. The minimum absolute atomic E-state index is 0.0883. The van der Waals surface area contributed by atoms with Crippen LogP contribution in [0.2, 0.25) is 5.02 Å². The van der Waals surface area contributed by atoms with E-state index in [2.05, 4.69) is 10.1 Å². The Morgan fingerprint density at radius 2 is 2.06 bits per heavy atom. The molecule has 1 aromatic carbocycles. The standard InChI is InChI=1S/C23H23ClF2N4O5S/c1-4-15-16(12(2)27-23(22(15)26)13-5-6-17(24)18(25)7-13)8-19(31)29-36(32,33)20-9-21-30(28-20)10-14(34-3)11-35-21/h5-7,9,14H,4,8,10-11H2,1-3H3,(H,29,31). The van der Waals surface area contributed by atoms with Crippen LogP contribution < -0.4 is 9.46 Å². The summed E-state index contributed by atoms with van der Waals surface area (Å²) in [6, 6.07) is 5.03. The largest absolute Gasteiger partial charge is 0.475 e. The van der Waals surface area contributed by atoms with Gasteiger partial charge >= 0.3 is 0 Å². The predicted octanol–water partition coefficient (Wildman–Crippen LogP) is 3.20. The van der Waals surface area contributed by atoms with Crippen molar-refractivity contribution in [2.75, 3.05) is 13.7 Å². The number of aryl methyl sites for hydroxylation is 1. The maximum Gasteiger partial charge on any atom is 0.283 e. The second-order valence-corrected chi connectivity index (χ2v) is 10.2. The van der Waals surface area contributed by atoms with Gasteiger partial charge in [-0.3, -0.25) is 4.79 Å². The van der Waals surface area contributed by atoms with Gasteiger partial charge in [0.25, 0.3) is 10.0 Å². The number of amides is 1. The van der Waals surface area contributed by atoms with Crippen molar-refractivity contribution in [3.05, 3.63) is 57.7 Å². The molecule has 1 aliphatic rings. The van der Waals surface area contributed by atoms with Gasteiger partial charge in [0.1, 0.15) is 24.2 Å². The maximum atomic E-state index is 15.4. The lowest BCUT2D eigenvalue weighted by molar-refractivity contribution is -0.118. The van der Waals surface area contributed by atoms with Crippen molar-refractivity contribution in [3.8, 4) is 17.1 Å². The highest BCUT2D eigenvalue weighted by Crippen LogP contribution is 2.30. The molecule has 36 heavy (non-hydrogen) atoms. The Balaban J connectivity index is 1.58. The van der Waals surface area contributed by atoms with Gasteiger partial charge in [0.05, 0.1) is 18.0 Å². The molecule has 0 radical (unpaired) electrons. The third kappa shape index (κ3) is 5.06. The first-order chi connectivity index (χ1) is 17.0. The Labute approximate surface area is 211 Å². The van der Waals surface area contributed by atoms with E-state index in [-0.39, 0.29) is 57.4 Å². The maximum absolute atomic E-state index is 15.4. The first-order valence-corrected chi connectivity index (χ1v) is 12.8. The van der Waals surface area contributed by atoms with Crippen LogP contribution in [0.15, 0.2) is 29.3 Å². The number of benzene rings is 1. The number of hydrogen-bond acceptors (Lipinski definition) is 7. The number of sulfonamides is 1. The Morgan fingerprint density at radius 1 is 1.31 bits per heavy atom. The molecule has 4 rings (SSSR count). The monoisotopic (exact) mass is 540 g/mol. The number of halogens is 3. The molecule has 0 saturated heterocycles. The molecule has 192 valence electrons. The SMILES string of the molecule is CCc1c(F)c(-c2ccc(Cl)c(F)c2)nc(C)c1CC(=O)NS(=O)(=O)c1cc2n(n1)CC(OC)CO2. The zero-order valence-corrected chi connectivity index (χ0v) is 21.2. The smallest absolute Gasteiger partial charge is 0.283 e. The number of nitrogens with zero attached hydrogens (tertiary/aromatic N) is 3. The van der Waals surface area contributed by atoms with Crippen molar-refractivity contribution in [1.29, 1.82) is 0 Å². The molecule has 3 heterocycles. The lowest BCUT2D eigenvalue weighted by atomic mass is 9.97. The van der Waals surface area contributed by atoms with Crippen molar-refractivity contribution in [2.24, 2.45) is 0 Å². The normalized spacial score (nSPS) is 15.3. The molecule has 1 N–H and O–H groups in total. The number of hydrogen-bond donors (Lipinski definition) is 1. The van der Waals surface area contributed by atoms with E-state index in [1.807, 2.05) is 4.72 Å². The van der Waals surface area contributed by atoms with Gasteiger partial charge in [0.15, 0.2) is 5.82 Å². The molecule has 9 nitrogen and oxygen atoms in total. The number of rotatable bonds is 7. The van der Waals surface area contributed by atoms with E-state index in [9.17, 15) is 17.6 Å². The second-order valence-electron chi connectivity index (χ2n) is 8.18. The average Bonchev–Trinajstić information content (AvgIpc) is 3.27. The van der Waals surface area contributed by atoms with Gasteiger partial charge in [-0.15, -0.1) is 0 Å². The van der Waals surface area contributed by atoms with Gasteiger partial charge in [0.2, 0.25) is 16.8 Å². The van der Waals surface area contributed by atoms with Crippen LogP contribution in [0.5, 0.6) is 5.88 Å². The van der Waals surface area contributed by atoms with E-state index in [4.69, 9.17) is 21.1 Å². The van der Waals surface area contributed by atoms with Crippen molar-refractivity contribution in [1.82, 2.24) is 19.5 Å². The Morgan fingerprint density at radius 3 is 2.72 bits per heavy atom. The third-order valence-electron chi connectivity index (χ3n) is 5.81. The molecular weight excluding hydrogens is 518 g/mol. The summed E-state index contributed by atoms with van der Waals surface area (Å²) >= 11 is 5.72. The summed E-state index contributed by atoms with van der Waals surface area (Å²) in [5.41, 5.74) is 0.831. The van der Waals surface area contributed by atoms with Crippen molar-refractivity contribution in [2.45, 2.75) is 44.4 Å². The number of aromatic nitrogens is 3. The minimum atomic E-state index is -4.32. The first kappa shape index (κ1) is 26.0. The van der Waals surface area contributed by atoms with Gasteiger partial charge in [-0.2, -0.15) is 13.5 Å². The summed E-state index contributed by atoms with van der Waals surface area (Å²) in [7, 11) is -2.82. The highest BCUT2D eigenvalue weighted by Gasteiger charge is 2.28. The van der Waals surface area contributed by atoms with E-state index in [0.29, 0.717) is 12.2 Å². The Bertz CT molecular complexity index is 1440. The topological polar surface area (TPSA) is 112 Å². The Hall–Kier alpha value is -3.09. The molecule has 1 unspecified atom stereocenters. The van der Waals surface area contributed by atoms with E-state index >= 15 is 4.39 Å². The number of fused-ring (bicyclic) bond motifs is 1. The quantitative estimate of drug-likeness (QED) is 0.489. The molecule has 0 bridgehead atoms. The molecule has 1 aliphatic heterocycles. The first-order valence-electron chi connectivity index (χ1n) is 11.0.